The van der Waals surface area contributed by atoms with Crippen molar-refractivity contribution >= 4 is 5.78 Å². The van der Waals surface area contributed by atoms with Crippen molar-refractivity contribution in [1.82, 2.24) is 20.2 Å². The van der Waals surface area contributed by atoms with Crippen LogP contribution in [0.5, 0.6) is 0 Å². The lowest BCUT2D eigenvalue weighted by atomic mass is 10.0. The highest BCUT2D eigenvalue weighted by atomic mass is 19.4. The molecule has 2 bridgehead atoms. The summed E-state index contributed by atoms with van der Waals surface area (Å²) in [5.74, 6) is 0.0677. The first-order chi connectivity index (χ1) is 11.4. The van der Waals surface area contributed by atoms with Crippen molar-refractivity contribution in [1.29, 1.82) is 0 Å². The molecule has 3 unspecified atom stereocenters. The van der Waals surface area contributed by atoms with Crippen molar-refractivity contribution in [3.8, 4) is 11.4 Å². The molecular formula is C14H11F3N4O3. The van der Waals surface area contributed by atoms with Crippen molar-refractivity contribution in [2.75, 3.05) is 6.61 Å². The van der Waals surface area contributed by atoms with Crippen LogP contribution in [0.2, 0.25) is 0 Å². The molecule has 3 heterocycles. The number of aromatic nitrogens is 4. The van der Waals surface area contributed by atoms with Crippen molar-refractivity contribution < 1.29 is 27.4 Å². The third kappa shape index (κ3) is 2.47. The van der Waals surface area contributed by atoms with Gasteiger partial charge < -0.3 is 9.47 Å². The van der Waals surface area contributed by atoms with Crippen LogP contribution < -0.4 is 0 Å². The highest BCUT2D eigenvalue weighted by molar-refractivity contribution is 5.83. The third-order valence-corrected chi connectivity index (χ3v) is 4.09. The van der Waals surface area contributed by atoms with Gasteiger partial charge in [0.15, 0.2) is 11.6 Å². The summed E-state index contributed by atoms with van der Waals surface area (Å²) in [4.78, 5) is 11.9. The number of nitrogens with zero attached hydrogens (tertiary/aromatic N) is 4. The molecule has 2 aliphatic rings. The summed E-state index contributed by atoms with van der Waals surface area (Å²) in [6.07, 6.45) is -5.47. The Labute approximate surface area is 133 Å². The van der Waals surface area contributed by atoms with E-state index in [1.54, 1.807) is 0 Å². The van der Waals surface area contributed by atoms with Crippen LogP contribution in [0, 0.1) is 0 Å². The van der Waals surface area contributed by atoms with Gasteiger partial charge in [-0.1, -0.05) is 12.1 Å². The molecule has 7 nitrogen and oxygen atoms in total. The minimum atomic E-state index is -4.41. The van der Waals surface area contributed by atoms with Gasteiger partial charge in [-0.25, -0.2) is 4.68 Å². The van der Waals surface area contributed by atoms with Crippen LogP contribution in [0.4, 0.5) is 13.2 Å². The number of hydrogen-bond acceptors (Lipinski definition) is 6. The first-order valence-corrected chi connectivity index (χ1v) is 7.19. The normalized spacial score (nSPS) is 26.8. The van der Waals surface area contributed by atoms with Crippen molar-refractivity contribution in [2.24, 2.45) is 0 Å². The molecule has 0 spiro atoms. The number of carbonyl (C=O) groups is 1. The molecule has 0 amide bonds. The van der Waals surface area contributed by atoms with E-state index in [1.165, 1.54) is 16.8 Å². The van der Waals surface area contributed by atoms with E-state index in [4.69, 9.17) is 9.47 Å². The fourth-order valence-corrected chi connectivity index (χ4v) is 2.88. The highest BCUT2D eigenvalue weighted by Crippen LogP contribution is 2.35. The number of ether oxygens (including phenoxy) is 2. The van der Waals surface area contributed by atoms with Crippen LogP contribution in [0.3, 0.4) is 0 Å². The molecule has 126 valence electrons. The van der Waals surface area contributed by atoms with E-state index in [1.807, 2.05) is 0 Å². The topological polar surface area (TPSA) is 79.1 Å². The van der Waals surface area contributed by atoms with E-state index in [0.29, 0.717) is 5.56 Å². The quantitative estimate of drug-likeness (QED) is 0.826. The van der Waals surface area contributed by atoms with Gasteiger partial charge in [0.2, 0.25) is 6.29 Å². The zero-order chi connectivity index (χ0) is 16.9. The molecule has 1 aromatic carbocycles. The highest BCUT2D eigenvalue weighted by Gasteiger charge is 2.45. The number of ketones is 1. The van der Waals surface area contributed by atoms with Crippen LogP contribution in [0.15, 0.2) is 24.3 Å². The molecule has 10 heteroatoms. The molecule has 0 aliphatic carbocycles. The lowest BCUT2D eigenvalue weighted by molar-refractivity contribution is -0.156. The van der Waals surface area contributed by atoms with Gasteiger partial charge in [0, 0.05) is 12.0 Å². The summed E-state index contributed by atoms with van der Waals surface area (Å²) in [5.41, 5.74) is -0.338. The number of rotatable bonds is 2. The largest absolute Gasteiger partial charge is 0.416 e. The zero-order valence-electron chi connectivity index (χ0n) is 12.1. The molecule has 1 aromatic heterocycles. The Balaban J connectivity index is 1.67. The molecule has 24 heavy (non-hydrogen) atoms. The summed E-state index contributed by atoms with van der Waals surface area (Å²) in [6, 6.07) is 4.06. The second kappa shape index (κ2) is 5.35. The van der Waals surface area contributed by atoms with E-state index in [0.717, 1.165) is 12.1 Å². The molecule has 0 N–H and O–H groups in total. The fraction of sp³-hybridized carbons (Fsp3) is 0.429. The van der Waals surface area contributed by atoms with Gasteiger partial charge >= 0.3 is 6.18 Å². The molecule has 2 fully saturated rings. The summed E-state index contributed by atoms with van der Waals surface area (Å²) in [6.45, 7) is 0.243. The van der Waals surface area contributed by atoms with E-state index < -0.39 is 24.1 Å². The molecule has 0 radical (unpaired) electrons. The van der Waals surface area contributed by atoms with Crippen molar-refractivity contribution in [3.05, 3.63) is 29.8 Å². The number of fused-ring (bicyclic) bond motifs is 2. The second-order valence-corrected chi connectivity index (χ2v) is 5.60. The van der Waals surface area contributed by atoms with Crippen molar-refractivity contribution in [3.63, 3.8) is 0 Å². The lowest BCUT2D eigenvalue weighted by Gasteiger charge is -2.26. The van der Waals surface area contributed by atoms with Gasteiger partial charge in [0.05, 0.1) is 18.2 Å². The number of carbonyl (C=O) groups excluding carboxylic acids is 1. The van der Waals surface area contributed by atoms with Gasteiger partial charge in [-0.15, -0.1) is 5.10 Å². The number of hydrogen-bond donors (Lipinski definition) is 0. The molecule has 3 atom stereocenters. The van der Waals surface area contributed by atoms with Crippen LogP contribution in [-0.4, -0.2) is 45.0 Å². The first-order valence-electron chi connectivity index (χ1n) is 7.19. The van der Waals surface area contributed by atoms with Gasteiger partial charge in [0.1, 0.15) is 6.10 Å². The summed E-state index contributed by atoms with van der Waals surface area (Å²) < 4.78 is 50.1. The van der Waals surface area contributed by atoms with Crippen LogP contribution in [-0.2, 0) is 20.4 Å². The average molecular weight is 340 g/mol. The maximum absolute atomic E-state index is 12.7. The van der Waals surface area contributed by atoms with E-state index in [2.05, 4.69) is 15.5 Å². The van der Waals surface area contributed by atoms with Crippen LogP contribution in [0.1, 0.15) is 18.0 Å². The zero-order valence-corrected chi connectivity index (χ0v) is 12.1. The Morgan fingerprint density at radius 2 is 1.96 bits per heavy atom. The second-order valence-electron chi connectivity index (χ2n) is 5.60. The Morgan fingerprint density at radius 1 is 1.21 bits per heavy atom. The number of benzene rings is 1. The molecule has 2 aliphatic heterocycles. The average Bonchev–Trinajstić information content (AvgIpc) is 3.19. The predicted octanol–water partition coefficient (Wildman–Crippen LogP) is 1.61. The monoisotopic (exact) mass is 340 g/mol. The summed E-state index contributed by atoms with van der Waals surface area (Å²) >= 11 is 0. The fourth-order valence-electron chi connectivity index (χ4n) is 2.88. The lowest BCUT2D eigenvalue weighted by Crippen LogP contribution is -2.37. The minimum Gasteiger partial charge on any atom is -0.343 e. The molecule has 0 saturated carbocycles. The van der Waals surface area contributed by atoms with Gasteiger partial charge in [-0.2, -0.15) is 13.2 Å². The van der Waals surface area contributed by atoms with Crippen molar-refractivity contribution in [2.45, 2.75) is 31.0 Å². The molecule has 2 saturated heterocycles. The molecule has 2 aromatic rings. The number of halogens is 3. The maximum atomic E-state index is 12.7. The number of tetrazole rings is 1. The Morgan fingerprint density at radius 3 is 2.67 bits per heavy atom. The first kappa shape index (κ1) is 15.2. The Kier molecular flexibility index (Phi) is 3.39. The molecular weight excluding hydrogens is 329 g/mol. The smallest absolute Gasteiger partial charge is 0.343 e. The van der Waals surface area contributed by atoms with Crippen LogP contribution >= 0.6 is 0 Å². The summed E-state index contributed by atoms with van der Waals surface area (Å²) in [7, 11) is 0. The standard InChI is InChI=1S/C14H11F3N4O3/c15-14(16,17)8-3-1-7(2-4-8)12-18-19-20-21(12)9-5-10(22)13-23-6-11(9)24-13/h1-4,9,11,13H,5-6H2. The maximum Gasteiger partial charge on any atom is 0.416 e. The number of Topliss-reactive ketones (excluding diaryl/α,β-unsaturated/α-hetero) is 1. The minimum absolute atomic E-state index is 0.147. The third-order valence-electron chi connectivity index (χ3n) is 4.09. The van der Waals surface area contributed by atoms with E-state index in [-0.39, 0.29) is 30.7 Å². The SMILES string of the molecule is O=C1CC(n2nnnc2-c2ccc(C(F)(F)F)cc2)C2COC1O2. The predicted molar refractivity (Wildman–Crippen MR) is 71.5 cm³/mol. The van der Waals surface area contributed by atoms with Gasteiger partial charge in [-0.05, 0) is 22.6 Å². The van der Waals surface area contributed by atoms with Gasteiger partial charge in [0.25, 0.3) is 0 Å². The van der Waals surface area contributed by atoms with E-state index >= 15 is 0 Å². The van der Waals surface area contributed by atoms with Gasteiger partial charge in [-0.3, -0.25) is 4.79 Å². The van der Waals surface area contributed by atoms with Crippen LogP contribution in [0.25, 0.3) is 11.4 Å². The Bertz CT molecular complexity index is 774. The Hall–Kier alpha value is -2.33. The summed E-state index contributed by atoms with van der Waals surface area (Å²) in [5, 5.41) is 11.3. The molecule has 4 rings (SSSR count). The van der Waals surface area contributed by atoms with E-state index in [9.17, 15) is 18.0 Å². The number of alkyl halides is 3.